The minimum Gasteiger partial charge on any atom is -0.388 e. The third-order valence-electron chi connectivity index (χ3n) is 2.38. The minimum absolute atomic E-state index is 0.0976. The van der Waals surface area contributed by atoms with Crippen molar-refractivity contribution in [3.05, 3.63) is 54.5 Å². The number of nitrogens with zero attached hydrogens (tertiary/aromatic N) is 2. The molecule has 1 heterocycles. The van der Waals surface area contributed by atoms with E-state index in [1.165, 1.54) is 0 Å². The van der Waals surface area contributed by atoms with Gasteiger partial charge in [-0.15, -0.1) is 0 Å². The molecule has 18 heavy (non-hydrogen) atoms. The molecule has 1 aromatic carbocycles. The zero-order valence-electron chi connectivity index (χ0n) is 9.78. The molecule has 0 radical (unpaired) electrons. The van der Waals surface area contributed by atoms with E-state index in [0.29, 0.717) is 6.42 Å². The second-order valence-electron chi connectivity index (χ2n) is 3.79. The molecule has 0 aliphatic carbocycles. The van der Waals surface area contributed by atoms with E-state index in [4.69, 9.17) is 11.1 Å². The first-order valence-corrected chi connectivity index (χ1v) is 6.44. The molecule has 4 nitrogen and oxygen atoms in total. The predicted molar refractivity (Wildman–Crippen MR) is 73.6 cm³/mol. The van der Waals surface area contributed by atoms with Gasteiger partial charge in [-0.2, -0.15) is 0 Å². The molecule has 1 unspecified atom stereocenters. The summed E-state index contributed by atoms with van der Waals surface area (Å²) in [5.41, 5.74) is 6.66. The lowest BCUT2D eigenvalue weighted by Crippen LogP contribution is -2.13. The fourth-order valence-electron chi connectivity index (χ4n) is 1.59. The van der Waals surface area contributed by atoms with E-state index in [9.17, 15) is 0 Å². The highest BCUT2D eigenvalue weighted by Crippen LogP contribution is 2.36. The molecule has 0 fully saturated rings. The van der Waals surface area contributed by atoms with Gasteiger partial charge in [-0.1, -0.05) is 42.1 Å². The monoisotopic (exact) mass is 258 g/mol. The van der Waals surface area contributed by atoms with Crippen LogP contribution in [-0.2, 0) is 0 Å². The Balaban J connectivity index is 2.18. The summed E-state index contributed by atoms with van der Waals surface area (Å²) < 4.78 is 0. The van der Waals surface area contributed by atoms with Crippen molar-refractivity contribution in [2.75, 3.05) is 0 Å². The van der Waals surface area contributed by atoms with Crippen LogP contribution >= 0.6 is 11.8 Å². The Hall–Kier alpha value is -1.88. The van der Waals surface area contributed by atoms with Gasteiger partial charge in [0.2, 0.25) is 0 Å². The normalized spacial score (nSPS) is 12.0. The lowest BCUT2D eigenvalue weighted by atomic mass is 10.1. The third-order valence-corrected chi connectivity index (χ3v) is 3.55. The number of amidine groups is 1. The van der Waals surface area contributed by atoms with E-state index < -0.39 is 0 Å². The van der Waals surface area contributed by atoms with Crippen LogP contribution in [0.25, 0.3) is 0 Å². The summed E-state index contributed by atoms with van der Waals surface area (Å²) in [4.78, 5) is 8.28. The second kappa shape index (κ2) is 6.16. The van der Waals surface area contributed by atoms with Crippen molar-refractivity contribution in [3.8, 4) is 0 Å². The average Bonchev–Trinajstić information content (AvgIpc) is 2.40. The molecular formula is C13H14N4S. The molecule has 3 N–H and O–H groups in total. The SMILES string of the molecule is N=C(N)CC(Sc1cnccn1)c1ccccc1. The number of aromatic nitrogens is 2. The van der Waals surface area contributed by atoms with Crippen molar-refractivity contribution < 1.29 is 0 Å². The van der Waals surface area contributed by atoms with Gasteiger partial charge in [0.1, 0.15) is 5.03 Å². The summed E-state index contributed by atoms with van der Waals surface area (Å²) in [5.74, 6) is 0.181. The maximum Gasteiger partial charge on any atom is 0.115 e. The maximum absolute atomic E-state index is 7.47. The molecule has 0 saturated carbocycles. The van der Waals surface area contributed by atoms with Crippen molar-refractivity contribution in [1.82, 2.24) is 9.97 Å². The lowest BCUT2D eigenvalue weighted by Gasteiger charge is -2.15. The maximum atomic E-state index is 7.47. The molecular weight excluding hydrogens is 244 g/mol. The first-order valence-electron chi connectivity index (χ1n) is 5.56. The highest BCUT2D eigenvalue weighted by atomic mass is 32.2. The topological polar surface area (TPSA) is 75.7 Å². The Kier molecular flexibility index (Phi) is 4.30. The molecule has 92 valence electrons. The van der Waals surface area contributed by atoms with Gasteiger partial charge in [0.05, 0.1) is 12.0 Å². The van der Waals surface area contributed by atoms with E-state index in [1.54, 1.807) is 30.4 Å². The molecule has 0 saturated heterocycles. The van der Waals surface area contributed by atoms with E-state index in [-0.39, 0.29) is 11.1 Å². The standard InChI is InChI=1S/C13H14N4S/c14-12(15)8-11(10-4-2-1-3-5-10)18-13-9-16-6-7-17-13/h1-7,9,11H,8H2,(H3,14,15). The lowest BCUT2D eigenvalue weighted by molar-refractivity contribution is 0.967. The van der Waals surface area contributed by atoms with Crippen LogP contribution in [0.2, 0.25) is 0 Å². The number of nitrogens with two attached hydrogens (primary N) is 1. The Bertz CT molecular complexity index is 501. The molecule has 0 bridgehead atoms. The van der Waals surface area contributed by atoms with Gasteiger partial charge in [-0.3, -0.25) is 10.4 Å². The van der Waals surface area contributed by atoms with Crippen LogP contribution in [0.5, 0.6) is 0 Å². The summed E-state index contributed by atoms with van der Waals surface area (Å²) in [5, 5.41) is 8.41. The van der Waals surface area contributed by atoms with E-state index in [0.717, 1.165) is 10.6 Å². The summed E-state index contributed by atoms with van der Waals surface area (Å²) >= 11 is 1.58. The zero-order valence-corrected chi connectivity index (χ0v) is 10.6. The van der Waals surface area contributed by atoms with Crippen molar-refractivity contribution in [2.24, 2.45) is 5.73 Å². The fraction of sp³-hybridized carbons (Fsp3) is 0.154. The van der Waals surface area contributed by atoms with Gasteiger partial charge in [0, 0.05) is 24.1 Å². The Morgan fingerprint density at radius 1 is 1.28 bits per heavy atom. The van der Waals surface area contributed by atoms with Crippen molar-refractivity contribution in [2.45, 2.75) is 16.7 Å². The average molecular weight is 258 g/mol. The number of hydrogen-bond donors (Lipinski definition) is 2. The van der Waals surface area contributed by atoms with Crippen molar-refractivity contribution >= 4 is 17.6 Å². The van der Waals surface area contributed by atoms with Gasteiger partial charge in [-0.25, -0.2) is 4.98 Å². The number of hydrogen-bond acceptors (Lipinski definition) is 4. The number of nitrogens with one attached hydrogen (secondary N) is 1. The van der Waals surface area contributed by atoms with Crippen LogP contribution in [0.15, 0.2) is 53.9 Å². The molecule has 2 rings (SSSR count). The number of benzene rings is 1. The third kappa shape index (κ3) is 3.56. The largest absolute Gasteiger partial charge is 0.388 e. The molecule has 2 aromatic rings. The van der Waals surface area contributed by atoms with Crippen LogP contribution in [0, 0.1) is 5.41 Å². The highest BCUT2D eigenvalue weighted by molar-refractivity contribution is 7.99. The summed E-state index contributed by atoms with van der Waals surface area (Å²) in [7, 11) is 0. The van der Waals surface area contributed by atoms with Crippen LogP contribution in [0.4, 0.5) is 0 Å². The summed E-state index contributed by atoms with van der Waals surface area (Å²) in [6, 6.07) is 10.0. The minimum atomic E-state index is 0.0976. The summed E-state index contributed by atoms with van der Waals surface area (Å²) in [6.45, 7) is 0. The van der Waals surface area contributed by atoms with Gasteiger partial charge < -0.3 is 5.73 Å². The van der Waals surface area contributed by atoms with Gasteiger partial charge in [0.25, 0.3) is 0 Å². The molecule has 1 aromatic heterocycles. The molecule has 0 spiro atoms. The molecule has 1 atom stereocenters. The highest BCUT2D eigenvalue weighted by Gasteiger charge is 2.15. The smallest absolute Gasteiger partial charge is 0.115 e. The number of thioether (sulfide) groups is 1. The fourth-order valence-corrected chi connectivity index (χ4v) is 2.68. The second-order valence-corrected chi connectivity index (χ2v) is 5.01. The van der Waals surface area contributed by atoms with E-state index in [1.807, 2.05) is 30.3 Å². The Morgan fingerprint density at radius 2 is 2.06 bits per heavy atom. The van der Waals surface area contributed by atoms with Crippen LogP contribution in [0.1, 0.15) is 17.2 Å². The Morgan fingerprint density at radius 3 is 2.67 bits per heavy atom. The van der Waals surface area contributed by atoms with Gasteiger partial charge in [0.15, 0.2) is 0 Å². The quantitative estimate of drug-likeness (QED) is 0.491. The first kappa shape index (κ1) is 12.6. The van der Waals surface area contributed by atoms with Crippen LogP contribution in [0.3, 0.4) is 0 Å². The zero-order chi connectivity index (χ0) is 12.8. The van der Waals surface area contributed by atoms with Gasteiger partial charge in [-0.05, 0) is 5.56 Å². The van der Waals surface area contributed by atoms with E-state index in [2.05, 4.69) is 9.97 Å². The molecule has 0 amide bonds. The van der Waals surface area contributed by atoms with Crippen molar-refractivity contribution in [1.29, 1.82) is 5.41 Å². The van der Waals surface area contributed by atoms with Crippen molar-refractivity contribution in [3.63, 3.8) is 0 Å². The Labute approximate surface area is 110 Å². The van der Waals surface area contributed by atoms with E-state index >= 15 is 0 Å². The molecule has 0 aliphatic rings. The first-order chi connectivity index (χ1) is 8.75. The number of rotatable bonds is 5. The molecule has 5 heteroatoms. The van der Waals surface area contributed by atoms with Crippen LogP contribution in [-0.4, -0.2) is 15.8 Å². The predicted octanol–water partition coefficient (Wildman–Crippen LogP) is 2.64. The van der Waals surface area contributed by atoms with Gasteiger partial charge >= 0.3 is 0 Å². The molecule has 0 aliphatic heterocycles. The summed E-state index contributed by atoms with van der Waals surface area (Å²) in [6.07, 6.45) is 5.54. The van der Waals surface area contributed by atoms with Crippen LogP contribution < -0.4 is 5.73 Å².